The number of carbonyl (C=O) groups excluding carboxylic acids is 2. The second-order valence-electron chi connectivity index (χ2n) is 5.87. The van der Waals surface area contributed by atoms with E-state index in [0.29, 0.717) is 11.9 Å². The number of carbonyl (C=O) groups is 2. The lowest BCUT2D eigenvalue weighted by Gasteiger charge is -2.41. The summed E-state index contributed by atoms with van der Waals surface area (Å²) in [6.07, 6.45) is 0. The van der Waals surface area contributed by atoms with Crippen LogP contribution in [0.2, 0.25) is 0 Å². The average molecular weight is 319 g/mol. The van der Waals surface area contributed by atoms with E-state index in [1.165, 1.54) is 0 Å². The molecule has 1 aromatic rings. The highest BCUT2D eigenvalue weighted by Gasteiger charge is 2.37. The molecule has 6 heteroatoms. The van der Waals surface area contributed by atoms with Crippen molar-refractivity contribution in [2.45, 2.75) is 38.2 Å². The van der Waals surface area contributed by atoms with Crippen LogP contribution in [0.4, 0.5) is 11.4 Å². The highest BCUT2D eigenvalue weighted by Crippen LogP contribution is 2.36. The van der Waals surface area contributed by atoms with Crippen LogP contribution in [0.5, 0.6) is 0 Å². The van der Waals surface area contributed by atoms with Crippen molar-refractivity contribution in [3.05, 3.63) is 24.3 Å². The van der Waals surface area contributed by atoms with Crippen molar-refractivity contribution in [1.82, 2.24) is 5.32 Å². The Morgan fingerprint density at radius 2 is 1.91 bits per heavy atom. The molecule has 2 heterocycles. The fourth-order valence-corrected chi connectivity index (χ4v) is 4.20. The normalized spacial score (nSPS) is 27.7. The van der Waals surface area contributed by atoms with Gasteiger partial charge in [-0.1, -0.05) is 12.1 Å². The Bertz CT molecular complexity index is 607. The largest absolute Gasteiger partial charge is 0.307 e. The first kappa shape index (κ1) is 15.4. The highest BCUT2D eigenvalue weighted by atomic mass is 32.2. The van der Waals surface area contributed by atoms with Crippen molar-refractivity contribution in [2.24, 2.45) is 0 Å². The summed E-state index contributed by atoms with van der Waals surface area (Å²) >= 11 is 1.76. The third-order valence-corrected chi connectivity index (χ3v) is 5.33. The molecule has 2 amide bonds. The molecular weight excluding hydrogens is 298 g/mol. The van der Waals surface area contributed by atoms with E-state index < -0.39 is 0 Å². The molecule has 1 saturated heterocycles. The summed E-state index contributed by atoms with van der Waals surface area (Å²) in [5, 5.41) is 3.63. The van der Waals surface area contributed by atoms with Crippen molar-refractivity contribution < 1.29 is 9.59 Å². The van der Waals surface area contributed by atoms with Crippen LogP contribution < -0.4 is 15.1 Å². The molecule has 0 aliphatic carbocycles. The fourth-order valence-electron chi connectivity index (χ4n) is 3.22. The molecule has 5 nitrogen and oxygen atoms in total. The van der Waals surface area contributed by atoms with Crippen LogP contribution in [-0.2, 0) is 9.59 Å². The van der Waals surface area contributed by atoms with E-state index in [-0.39, 0.29) is 23.9 Å². The van der Waals surface area contributed by atoms with Gasteiger partial charge in [0.1, 0.15) is 0 Å². The molecule has 1 fully saturated rings. The topological polar surface area (TPSA) is 52.7 Å². The summed E-state index contributed by atoms with van der Waals surface area (Å²) in [4.78, 5) is 28.4. The molecular formula is C16H21N3O2S. The molecule has 3 rings (SSSR count). The number of nitrogens with zero attached hydrogens (tertiary/aromatic N) is 2. The Hall–Kier alpha value is -1.53. The van der Waals surface area contributed by atoms with Crippen LogP contribution in [0.1, 0.15) is 20.8 Å². The number of amides is 2. The molecule has 0 radical (unpaired) electrons. The SMILES string of the molecule is CC(=O)N1c2ccccc2N(C(=O)C2CSC(C)N2)C[C@@H]1C. The summed E-state index contributed by atoms with van der Waals surface area (Å²) < 4.78 is 0. The second kappa shape index (κ2) is 5.93. The molecule has 22 heavy (non-hydrogen) atoms. The van der Waals surface area contributed by atoms with Gasteiger partial charge in [0, 0.05) is 19.2 Å². The van der Waals surface area contributed by atoms with Crippen LogP contribution in [-0.4, -0.2) is 41.6 Å². The van der Waals surface area contributed by atoms with Crippen molar-refractivity contribution in [2.75, 3.05) is 22.1 Å². The number of thioether (sulfide) groups is 1. The number of hydrogen-bond acceptors (Lipinski definition) is 4. The maximum Gasteiger partial charge on any atom is 0.245 e. The van der Waals surface area contributed by atoms with Crippen molar-refractivity contribution in [3.63, 3.8) is 0 Å². The van der Waals surface area contributed by atoms with Crippen molar-refractivity contribution in [1.29, 1.82) is 0 Å². The van der Waals surface area contributed by atoms with E-state index >= 15 is 0 Å². The average Bonchev–Trinajstić information content (AvgIpc) is 2.91. The van der Waals surface area contributed by atoms with E-state index in [1.54, 1.807) is 23.6 Å². The van der Waals surface area contributed by atoms with Gasteiger partial charge in [-0.25, -0.2) is 0 Å². The minimum Gasteiger partial charge on any atom is -0.307 e. The van der Waals surface area contributed by atoms with Gasteiger partial charge < -0.3 is 9.80 Å². The lowest BCUT2D eigenvalue weighted by molar-refractivity contribution is -0.121. The Kier molecular flexibility index (Phi) is 4.14. The van der Waals surface area contributed by atoms with Crippen LogP contribution >= 0.6 is 11.8 Å². The number of hydrogen-bond donors (Lipinski definition) is 1. The molecule has 0 aromatic heterocycles. The fraction of sp³-hybridized carbons (Fsp3) is 0.500. The summed E-state index contributed by atoms with van der Waals surface area (Å²) in [6, 6.07) is 7.47. The molecule has 2 unspecified atom stereocenters. The quantitative estimate of drug-likeness (QED) is 0.858. The first-order valence-electron chi connectivity index (χ1n) is 7.57. The Morgan fingerprint density at radius 3 is 2.50 bits per heavy atom. The van der Waals surface area contributed by atoms with E-state index in [9.17, 15) is 9.59 Å². The van der Waals surface area contributed by atoms with Gasteiger partial charge in [0.15, 0.2) is 0 Å². The molecule has 1 aromatic carbocycles. The zero-order valence-corrected chi connectivity index (χ0v) is 13.9. The van der Waals surface area contributed by atoms with Gasteiger partial charge >= 0.3 is 0 Å². The number of rotatable bonds is 1. The lowest BCUT2D eigenvalue weighted by Crippen LogP contribution is -2.55. The number of nitrogens with one attached hydrogen (secondary N) is 1. The van der Waals surface area contributed by atoms with Gasteiger partial charge in [-0.05, 0) is 26.0 Å². The molecule has 0 bridgehead atoms. The maximum absolute atomic E-state index is 12.9. The van der Waals surface area contributed by atoms with Crippen LogP contribution in [0, 0.1) is 0 Å². The molecule has 2 aliphatic rings. The third-order valence-electron chi connectivity index (χ3n) is 4.17. The van der Waals surface area contributed by atoms with Crippen molar-refractivity contribution >= 4 is 35.0 Å². The van der Waals surface area contributed by atoms with Crippen LogP contribution in [0.3, 0.4) is 0 Å². The predicted molar refractivity (Wildman–Crippen MR) is 90.3 cm³/mol. The van der Waals surface area contributed by atoms with E-state index in [0.717, 1.165) is 17.1 Å². The lowest BCUT2D eigenvalue weighted by atomic mass is 10.1. The van der Waals surface area contributed by atoms with E-state index in [4.69, 9.17) is 0 Å². The maximum atomic E-state index is 12.9. The Morgan fingerprint density at radius 1 is 1.23 bits per heavy atom. The number of benzene rings is 1. The monoisotopic (exact) mass is 319 g/mol. The zero-order valence-electron chi connectivity index (χ0n) is 13.1. The smallest absolute Gasteiger partial charge is 0.245 e. The first-order valence-corrected chi connectivity index (χ1v) is 8.61. The van der Waals surface area contributed by atoms with Gasteiger partial charge in [-0.3, -0.25) is 14.9 Å². The molecule has 118 valence electrons. The van der Waals surface area contributed by atoms with E-state index in [1.807, 2.05) is 36.1 Å². The van der Waals surface area contributed by atoms with E-state index in [2.05, 4.69) is 12.2 Å². The van der Waals surface area contributed by atoms with Gasteiger partial charge in [0.2, 0.25) is 11.8 Å². The third kappa shape index (κ3) is 2.61. The molecule has 1 N–H and O–H groups in total. The Balaban J connectivity index is 1.94. The second-order valence-corrected chi connectivity index (χ2v) is 7.24. The zero-order chi connectivity index (χ0) is 15.9. The van der Waals surface area contributed by atoms with Crippen LogP contribution in [0.15, 0.2) is 24.3 Å². The number of anilines is 2. The minimum atomic E-state index is -0.149. The Labute approximate surface area is 135 Å². The molecule has 0 saturated carbocycles. The van der Waals surface area contributed by atoms with Gasteiger partial charge in [-0.2, -0.15) is 0 Å². The molecule has 3 atom stereocenters. The summed E-state index contributed by atoms with van der Waals surface area (Å²) in [6.45, 7) is 6.16. The van der Waals surface area contributed by atoms with Gasteiger partial charge in [0.05, 0.1) is 28.8 Å². The van der Waals surface area contributed by atoms with Crippen LogP contribution in [0.25, 0.3) is 0 Å². The molecule has 0 spiro atoms. The minimum absolute atomic E-state index is 0.00946. The summed E-state index contributed by atoms with van der Waals surface area (Å²) in [7, 11) is 0. The summed E-state index contributed by atoms with van der Waals surface area (Å²) in [5.41, 5.74) is 1.65. The number of fused-ring (bicyclic) bond motifs is 1. The standard InChI is InChI=1S/C16H21N3O2S/c1-10-8-18(16(21)13-9-22-11(2)17-13)14-6-4-5-7-15(14)19(10)12(3)20/h4-7,10-11,13,17H,8-9H2,1-3H3/t10-,11?,13?/m0/s1. The van der Waals surface area contributed by atoms with Gasteiger partial charge in [-0.15, -0.1) is 11.8 Å². The number of para-hydroxylation sites is 2. The predicted octanol–water partition coefficient (Wildman–Crippen LogP) is 1.83. The highest BCUT2D eigenvalue weighted by molar-refractivity contribution is 8.00. The van der Waals surface area contributed by atoms with Gasteiger partial charge in [0.25, 0.3) is 0 Å². The molecule has 2 aliphatic heterocycles. The first-order chi connectivity index (χ1) is 10.5. The van der Waals surface area contributed by atoms with Crippen molar-refractivity contribution in [3.8, 4) is 0 Å². The summed E-state index contributed by atoms with van der Waals surface area (Å²) in [5.74, 6) is 0.901.